The Hall–Kier alpha value is -3.45. The van der Waals surface area contributed by atoms with Crippen molar-refractivity contribution in [3.8, 4) is 0 Å². The first-order valence-electron chi connectivity index (χ1n) is 9.73. The first-order valence-corrected chi connectivity index (χ1v) is 10.6. The monoisotopic (exact) mass is 433 g/mol. The summed E-state index contributed by atoms with van der Waals surface area (Å²) in [5.74, 6) is -1.01. The molecule has 0 N–H and O–H groups in total. The van der Waals surface area contributed by atoms with Gasteiger partial charge in [-0.15, -0.1) is 0 Å². The highest BCUT2D eigenvalue weighted by atomic mass is 32.2. The number of hydrogen-bond acceptors (Lipinski definition) is 6. The van der Waals surface area contributed by atoms with Crippen LogP contribution >= 0.6 is 11.8 Å². The molecule has 0 spiro atoms. The van der Waals surface area contributed by atoms with Gasteiger partial charge < -0.3 is 4.84 Å². The fraction of sp³-hybridized carbons (Fsp3) is 0.125. The zero-order valence-corrected chi connectivity index (χ0v) is 17.6. The smallest absolute Gasteiger partial charge is 0.313 e. The summed E-state index contributed by atoms with van der Waals surface area (Å²) in [4.78, 5) is 18.2. The van der Waals surface area contributed by atoms with E-state index in [1.54, 1.807) is 54.4 Å². The topological polar surface area (TPSA) is 54.3 Å². The van der Waals surface area contributed by atoms with Gasteiger partial charge in [-0.1, -0.05) is 53.3 Å². The average molecular weight is 434 g/mol. The number of thioether (sulfide) groups is 1. The number of hydrazone groups is 1. The van der Waals surface area contributed by atoms with Crippen LogP contribution in [-0.4, -0.2) is 23.3 Å². The van der Waals surface area contributed by atoms with Crippen molar-refractivity contribution in [1.29, 1.82) is 0 Å². The number of halogens is 1. The molecule has 2 unspecified atom stereocenters. The summed E-state index contributed by atoms with van der Waals surface area (Å²) >= 11 is 1.54. The first-order chi connectivity index (χ1) is 15.1. The van der Waals surface area contributed by atoms with Crippen LogP contribution in [0.4, 0.5) is 10.1 Å². The molecule has 3 aromatic rings. The highest BCUT2D eigenvalue weighted by Gasteiger charge is 2.36. The minimum absolute atomic E-state index is 0.174. The molecule has 0 radical (unpaired) electrons. The number of rotatable bonds is 6. The third kappa shape index (κ3) is 5.00. The maximum absolute atomic E-state index is 13.4. The molecule has 1 heterocycles. The molecular weight excluding hydrogens is 413 g/mol. The highest BCUT2D eigenvalue weighted by Crippen LogP contribution is 2.38. The molecule has 0 aliphatic carbocycles. The van der Waals surface area contributed by atoms with Gasteiger partial charge in [0, 0.05) is 10.6 Å². The van der Waals surface area contributed by atoms with Gasteiger partial charge in [0.1, 0.15) is 11.2 Å². The van der Waals surface area contributed by atoms with Crippen LogP contribution in [0.15, 0.2) is 100 Å². The highest BCUT2D eigenvalue weighted by molar-refractivity contribution is 8.00. The first kappa shape index (κ1) is 20.8. The summed E-state index contributed by atoms with van der Waals surface area (Å²) in [5.41, 5.74) is 2.20. The molecule has 2 atom stereocenters. The molecule has 1 aliphatic rings. The Morgan fingerprint density at radius 2 is 1.68 bits per heavy atom. The van der Waals surface area contributed by atoms with Crippen molar-refractivity contribution in [3.05, 3.63) is 96.3 Å². The summed E-state index contributed by atoms with van der Waals surface area (Å²) in [6.07, 6.45) is 1.60. The summed E-state index contributed by atoms with van der Waals surface area (Å²) < 4.78 is 13.4. The van der Waals surface area contributed by atoms with Crippen molar-refractivity contribution in [1.82, 2.24) is 0 Å². The fourth-order valence-electron chi connectivity index (χ4n) is 3.17. The minimum Gasteiger partial charge on any atom is -0.313 e. The summed E-state index contributed by atoms with van der Waals surface area (Å²) in [5, 5.41) is 10.4. The van der Waals surface area contributed by atoms with Crippen LogP contribution in [0.25, 0.3) is 0 Å². The second-order valence-electron chi connectivity index (χ2n) is 6.91. The van der Waals surface area contributed by atoms with Gasteiger partial charge in [-0.05, 0) is 55.5 Å². The fourth-order valence-corrected chi connectivity index (χ4v) is 4.42. The molecule has 5 nitrogen and oxygen atoms in total. The number of para-hydroxylation sites is 1. The molecule has 156 valence electrons. The van der Waals surface area contributed by atoms with Crippen LogP contribution < -0.4 is 5.01 Å². The van der Waals surface area contributed by atoms with E-state index in [0.29, 0.717) is 5.56 Å². The van der Waals surface area contributed by atoms with Gasteiger partial charge in [-0.25, -0.2) is 9.18 Å². The Labute approximate surface area is 184 Å². The Morgan fingerprint density at radius 1 is 1.03 bits per heavy atom. The van der Waals surface area contributed by atoms with Crippen molar-refractivity contribution in [3.63, 3.8) is 0 Å². The molecule has 4 rings (SSSR count). The van der Waals surface area contributed by atoms with E-state index in [0.717, 1.165) is 16.3 Å². The molecule has 0 saturated heterocycles. The van der Waals surface area contributed by atoms with Crippen LogP contribution in [0.1, 0.15) is 17.3 Å². The Bertz CT molecular complexity index is 1090. The lowest BCUT2D eigenvalue weighted by Crippen LogP contribution is -2.31. The third-order valence-corrected chi connectivity index (χ3v) is 6.03. The lowest BCUT2D eigenvalue weighted by atomic mass is 10.1. The van der Waals surface area contributed by atoms with Crippen LogP contribution in [-0.2, 0) is 4.84 Å². The number of nitrogens with zero attached hydrogens (tertiary/aromatic N) is 3. The normalized spacial score (nSPS) is 18.3. The van der Waals surface area contributed by atoms with E-state index in [1.165, 1.54) is 12.1 Å². The van der Waals surface area contributed by atoms with E-state index >= 15 is 0 Å². The van der Waals surface area contributed by atoms with Gasteiger partial charge in [0.05, 0.1) is 23.4 Å². The Morgan fingerprint density at radius 3 is 2.35 bits per heavy atom. The van der Waals surface area contributed by atoms with Crippen LogP contribution in [0, 0.1) is 11.7 Å². The molecule has 0 bridgehead atoms. The zero-order chi connectivity index (χ0) is 21.6. The van der Waals surface area contributed by atoms with E-state index in [1.807, 2.05) is 48.3 Å². The maximum Gasteiger partial charge on any atom is 0.365 e. The molecule has 31 heavy (non-hydrogen) atoms. The Kier molecular flexibility index (Phi) is 6.43. The van der Waals surface area contributed by atoms with Gasteiger partial charge in [0.25, 0.3) is 0 Å². The molecule has 0 amide bonds. The molecule has 1 aliphatic heterocycles. The standard InChI is InChI=1S/C24H20FN3O2S/c1-17-22(16-26-30-24(29)18-8-4-2-5-9-18)23(31-21-14-12-19(25)13-15-21)28(27-17)20-10-6-3-7-11-20/h2-16,22-23H,1H3/b26-16+. The third-order valence-electron chi connectivity index (χ3n) is 4.75. The molecule has 0 saturated carbocycles. The predicted molar refractivity (Wildman–Crippen MR) is 122 cm³/mol. The number of benzene rings is 3. The van der Waals surface area contributed by atoms with Crippen LogP contribution in [0.5, 0.6) is 0 Å². The second-order valence-corrected chi connectivity index (χ2v) is 8.10. The molecular formula is C24H20FN3O2S. The van der Waals surface area contributed by atoms with E-state index in [9.17, 15) is 9.18 Å². The molecule has 0 aromatic heterocycles. The van der Waals surface area contributed by atoms with E-state index in [4.69, 9.17) is 9.94 Å². The van der Waals surface area contributed by atoms with Crippen molar-refractivity contribution >= 4 is 35.3 Å². The number of carbonyl (C=O) groups excluding carboxylic acids is 1. The van der Waals surface area contributed by atoms with Crippen molar-refractivity contribution in [2.24, 2.45) is 16.2 Å². The van der Waals surface area contributed by atoms with Crippen LogP contribution in [0.3, 0.4) is 0 Å². The predicted octanol–water partition coefficient (Wildman–Crippen LogP) is 5.60. The second kappa shape index (κ2) is 9.57. The van der Waals surface area contributed by atoms with Gasteiger partial charge in [0.2, 0.25) is 0 Å². The van der Waals surface area contributed by atoms with Gasteiger partial charge in [-0.3, -0.25) is 5.01 Å². The van der Waals surface area contributed by atoms with Gasteiger partial charge >= 0.3 is 5.97 Å². The lowest BCUT2D eigenvalue weighted by molar-refractivity contribution is 0.0517. The Balaban J connectivity index is 1.55. The van der Waals surface area contributed by atoms with Crippen molar-refractivity contribution < 1.29 is 14.0 Å². The molecule has 7 heteroatoms. The zero-order valence-electron chi connectivity index (χ0n) is 16.8. The molecule has 3 aromatic carbocycles. The summed E-state index contributed by atoms with van der Waals surface area (Å²) in [7, 11) is 0. The lowest BCUT2D eigenvalue weighted by Gasteiger charge is -2.26. The van der Waals surface area contributed by atoms with Crippen LogP contribution in [0.2, 0.25) is 0 Å². The summed E-state index contributed by atoms with van der Waals surface area (Å²) in [6, 6.07) is 24.8. The number of anilines is 1. The average Bonchev–Trinajstić information content (AvgIpc) is 3.11. The van der Waals surface area contributed by atoms with Crippen molar-refractivity contribution in [2.45, 2.75) is 17.2 Å². The minimum atomic E-state index is -0.521. The quantitative estimate of drug-likeness (QED) is 0.289. The van der Waals surface area contributed by atoms with Gasteiger partial charge in [-0.2, -0.15) is 5.10 Å². The van der Waals surface area contributed by atoms with E-state index < -0.39 is 5.97 Å². The maximum atomic E-state index is 13.4. The van der Waals surface area contributed by atoms with E-state index in [2.05, 4.69) is 5.16 Å². The van der Waals surface area contributed by atoms with Crippen molar-refractivity contribution in [2.75, 3.05) is 5.01 Å². The number of carbonyl (C=O) groups is 1. The van der Waals surface area contributed by atoms with E-state index in [-0.39, 0.29) is 17.1 Å². The SMILES string of the molecule is CC1=NN(c2ccccc2)C(Sc2ccc(F)cc2)C1/C=N/OC(=O)c1ccccc1. The largest absolute Gasteiger partial charge is 0.365 e. The van der Waals surface area contributed by atoms with Gasteiger partial charge in [0.15, 0.2) is 0 Å². The molecule has 0 fully saturated rings. The number of hydrogen-bond donors (Lipinski definition) is 0. The summed E-state index contributed by atoms with van der Waals surface area (Å²) in [6.45, 7) is 1.91. The number of oxime groups is 1.